The lowest BCUT2D eigenvalue weighted by atomic mass is 10.2. The standard InChI is InChI=1S/C15H21ClN2O4/c1-2-11(9-19)18-15(20)17-8-10-6-12(16)14-13(7-10)21-4-3-5-22-14/h6-7,11,19H,2-5,8-9H2,1H3,(H2,17,18,20)/t11-/m1/s1. The molecule has 0 aromatic heterocycles. The number of rotatable bonds is 5. The first-order valence-electron chi connectivity index (χ1n) is 7.37. The average Bonchev–Trinajstić information content (AvgIpc) is 2.76. The summed E-state index contributed by atoms with van der Waals surface area (Å²) in [7, 11) is 0. The van der Waals surface area contributed by atoms with E-state index in [2.05, 4.69) is 10.6 Å². The zero-order valence-electron chi connectivity index (χ0n) is 12.5. The predicted molar refractivity (Wildman–Crippen MR) is 83.6 cm³/mol. The molecule has 0 saturated carbocycles. The number of urea groups is 1. The van der Waals surface area contributed by atoms with E-state index >= 15 is 0 Å². The highest BCUT2D eigenvalue weighted by molar-refractivity contribution is 6.32. The molecule has 2 amide bonds. The second-order valence-electron chi connectivity index (χ2n) is 5.07. The first kappa shape index (κ1) is 16.7. The molecule has 0 spiro atoms. The summed E-state index contributed by atoms with van der Waals surface area (Å²) in [6, 6.07) is 2.99. The van der Waals surface area contributed by atoms with E-state index in [0.717, 1.165) is 12.0 Å². The van der Waals surface area contributed by atoms with Crippen molar-refractivity contribution in [1.29, 1.82) is 0 Å². The maximum Gasteiger partial charge on any atom is 0.315 e. The minimum Gasteiger partial charge on any atom is -0.489 e. The Bertz CT molecular complexity index is 521. The van der Waals surface area contributed by atoms with Gasteiger partial charge in [-0.15, -0.1) is 0 Å². The topological polar surface area (TPSA) is 79.8 Å². The van der Waals surface area contributed by atoms with Crippen molar-refractivity contribution in [3.05, 3.63) is 22.7 Å². The number of ether oxygens (including phenoxy) is 2. The Kier molecular flexibility index (Phi) is 6.15. The van der Waals surface area contributed by atoms with Crippen molar-refractivity contribution in [2.45, 2.75) is 32.4 Å². The zero-order chi connectivity index (χ0) is 15.9. The maximum atomic E-state index is 11.8. The Balaban J connectivity index is 1.97. The molecule has 0 radical (unpaired) electrons. The number of fused-ring (bicyclic) bond motifs is 1. The number of hydrogen-bond donors (Lipinski definition) is 3. The molecule has 22 heavy (non-hydrogen) atoms. The Morgan fingerprint density at radius 1 is 1.41 bits per heavy atom. The van der Waals surface area contributed by atoms with E-state index in [9.17, 15) is 4.79 Å². The second-order valence-corrected chi connectivity index (χ2v) is 5.48. The minimum atomic E-state index is -0.330. The third-order valence-electron chi connectivity index (χ3n) is 3.36. The highest BCUT2D eigenvalue weighted by Gasteiger charge is 2.16. The molecule has 0 aliphatic carbocycles. The number of hydrogen-bond acceptors (Lipinski definition) is 4. The van der Waals surface area contributed by atoms with Crippen LogP contribution in [0.3, 0.4) is 0 Å². The Morgan fingerprint density at radius 3 is 2.91 bits per heavy atom. The molecule has 1 aromatic rings. The molecule has 1 heterocycles. The molecule has 2 rings (SSSR count). The summed E-state index contributed by atoms with van der Waals surface area (Å²) < 4.78 is 11.2. The largest absolute Gasteiger partial charge is 0.489 e. The maximum absolute atomic E-state index is 11.8. The van der Waals surface area contributed by atoms with Crippen LogP contribution in [-0.2, 0) is 6.54 Å². The fourth-order valence-corrected chi connectivity index (χ4v) is 2.37. The smallest absolute Gasteiger partial charge is 0.315 e. The van der Waals surface area contributed by atoms with Crippen LogP contribution in [0.1, 0.15) is 25.3 Å². The van der Waals surface area contributed by atoms with Crippen LogP contribution in [-0.4, -0.2) is 37.0 Å². The number of aliphatic hydroxyl groups excluding tert-OH is 1. The average molecular weight is 329 g/mol. The number of halogens is 1. The quantitative estimate of drug-likeness (QED) is 0.773. The van der Waals surface area contributed by atoms with Gasteiger partial charge in [0, 0.05) is 13.0 Å². The van der Waals surface area contributed by atoms with E-state index in [4.69, 9.17) is 26.2 Å². The van der Waals surface area contributed by atoms with Gasteiger partial charge in [-0.1, -0.05) is 18.5 Å². The minimum absolute atomic E-state index is 0.0836. The molecule has 6 nitrogen and oxygen atoms in total. The molecule has 1 atom stereocenters. The molecule has 122 valence electrons. The molecular weight excluding hydrogens is 308 g/mol. The van der Waals surface area contributed by atoms with Gasteiger partial charge in [-0.3, -0.25) is 0 Å². The van der Waals surface area contributed by atoms with Gasteiger partial charge in [0.15, 0.2) is 11.5 Å². The van der Waals surface area contributed by atoms with Crippen LogP contribution < -0.4 is 20.1 Å². The van der Waals surface area contributed by atoms with E-state index in [1.54, 1.807) is 6.07 Å². The summed E-state index contributed by atoms with van der Waals surface area (Å²) in [5.74, 6) is 1.16. The van der Waals surface area contributed by atoms with Crippen LogP contribution >= 0.6 is 11.6 Å². The van der Waals surface area contributed by atoms with E-state index < -0.39 is 0 Å². The first-order chi connectivity index (χ1) is 10.6. The monoisotopic (exact) mass is 328 g/mol. The van der Waals surface area contributed by atoms with Gasteiger partial charge < -0.3 is 25.2 Å². The summed E-state index contributed by atoms with van der Waals surface area (Å²) in [5.41, 5.74) is 0.821. The molecule has 1 aromatic carbocycles. The summed E-state index contributed by atoms with van der Waals surface area (Å²) in [6.45, 7) is 3.27. The number of carbonyl (C=O) groups excluding carboxylic acids is 1. The van der Waals surface area contributed by atoms with Crippen molar-refractivity contribution >= 4 is 17.6 Å². The number of benzene rings is 1. The summed E-state index contributed by atoms with van der Waals surface area (Å²) in [6.07, 6.45) is 1.47. The Hall–Kier alpha value is -1.66. The van der Waals surface area contributed by atoms with Crippen LogP contribution in [0.2, 0.25) is 5.02 Å². The first-order valence-corrected chi connectivity index (χ1v) is 7.75. The highest BCUT2D eigenvalue weighted by Crippen LogP contribution is 2.37. The van der Waals surface area contributed by atoms with Crippen molar-refractivity contribution in [3.63, 3.8) is 0 Å². The summed E-state index contributed by atoms with van der Waals surface area (Å²) in [4.78, 5) is 11.8. The molecule has 3 N–H and O–H groups in total. The van der Waals surface area contributed by atoms with Crippen LogP contribution in [0.5, 0.6) is 11.5 Å². The highest BCUT2D eigenvalue weighted by atomic mass is 35.5. The third kappa shape index (κ3) is 4.42. The third-order valence-corrected chi connectivity index (χ3v) is 3.64. The molecule has 0 bridgehead atoms. The van der Waals surface area contributed by atoms with Crippen LogP contribution in [0.4, 0.5) is 4.79 Å². The van der Waals surface area contributed by atoms with E-state index in [1.165, 1.54) is 0 Å². The summed E-state index contributed by atoms with van der Waals surface area (Å²) in [5, 5.41) is 15.0. The number of amides is 2. The van der Waals surface area contributed by atoms with Gasteiger partial charge in [0.2, 0.25) is 0 Å². The molecule has 0 unspecified atom stereocenters. The fraction of sp³-hybridized carbons (Fsp3) is 0.533. The van der Waals surface area contributed by atoms with Crippen molar-refractivity contribution in [2.24, 2.45) is 0 Å². The second kappa shape index (κ2) is 8.10. The van der Waals surface area contributed by atoms with Gasteiger partial charge in [0.05, 0.1) is 30.9 Å². The van der Waals surface area contributed by atoms with Crippen molar-refractivity contribution < 1.29 is 19.4 Å². The van der Waals surface area contributed by atoms with Gasteiger partial charge in [-0.05, 0) is 24.1 Å². The van der Waals surface area contributed by atoms with E-state index in [-0.39, 0.29) is 18.7 Å². The lowest BCUT2D eigenvalue weighted by molar-refractivity contribution is 0.214. The van der Waals surface area contributed by atoms with Crippen molar-refractivity contribution in [2.75, 3.05) is 19.8 Å². The molecule has 0 fully saturated rings. The van der Waals surface area contributed by atoms with Crippen LogP contribution in [0.25, 0.3) is 0 Å². The number of carbonyl (C=O) groups is 1. The van der Waals surface area contributed by atoms with Gasteiger partial charge in [-0.2, -0.15) is 0 Å². The molecule has 7 heteroatoms. The number of aliphatic hydroxyl groups is 1. The Morgan fingerprint density at radius 2 is 2.18 bits per heavy atom. The van der Waals surface area contributed by atoms with Gasteiger partial charge >= 0.3 is 6.03 Å². The number of nitrogens with one attached hydrogen (secondary N) is 2. The van der Waals surface area contributed by atoms with Gasteiger partial charge in [-0.25, -0.2) is 4.79 Å². The Labute approximate surface area is 134 Å². The SMILES string of the molecule is CC[C@H](CO)NC(=O)NCc1cc(Cl)c2c(c1)OCCCO2. The van der Waals surface area contributed by atoms with E-state index in [0.29, 0.717) is 42.7 Å². The molecule has 1 aliphatic heterocycles. The fourth-order valence-electron chi connectivity index (χ4n) is 2.08. The normalized spacial score (nSPS) is 14.9. The lowest BCUT2D eigenvalue weighted by Crippen LogP contribution is -2.43. The summed E-state index contributed by atoms with van der Waals surface area (Å²) >= 11 is 6.20. The van der Waals surface area contributed by atoms with Gasteiger partial charge in [0.1, 0.15) is 0 Å². The van der Waals surface area contributed by atoms with E-state index in [1.807, 2.05) is 13.0 Å². The lowest BCUT2D eigenvalue weighted by Gasteiger charge is -2.15. The van der Waals surface area contributed by atoms with Crippen LogP contribution in [0, 0.1) is 0 Å². The zero-order valence-corrected chi connectivity index (χ0v) is 13.3. The molecule has 0 saturated heterocycles. The van der Waals surface area contributed by atoms with Gasteiger partial charge in [0.25, 0.3) is 0 Å². The molecular formula is C15H21ClN2O4. The van der Waals surface area contributed by atoms with Crippen molar-refractivity contribution in [3.8, 4) is 11.5 Å². The predicted octanol–water partition coefficient (Wildman–Crippen LogP) is 2.07. The van der Waals surface area contributed by atoms with Crippen LogP contribution in [0.15, 0.2) is 12.1 Å². The van der Waals surface area contributed by atoms with Crippen molar-refractivity contribution in [1.82, 2.24) is 10.6 Å². The molecule has 1 aliphatic rings.